The van der Waals surface area contributed by atoms with E-state index in [1.54, 1.807) is 127 Å². The number of aryl methyl sites for hydroxylation is 2. The molecule has 22 rings (SSSR count). The van der Waals surface area contributed by atoms with Crippen molar-refractivity contribution in [3.63, 3.8) is 0 Å². The molecule has 2 N–H and O–H groups in total. The van der Waals surface area contributed by atoms with Crippen molar-refractivity contribution in [1.29, 1.82) is 0 Å². The van der Waals surface area contributed by atoms with Gasteiger partial charge in [0.05, 0.1) is 50.9 Å². The molecule has 692 valence electrons. The number of hydrogen-bond acceptors (Lipinski definition) is 17. The molecule has 34 heteroatoms. The van der Waals surface area contributed by atoms with Gasteiger partial charge in [0, 0.05) is 192 Å². The SMILES string of the molecule is Cc1cc(-c2ncccc2-c2ccn3ncnc3c2)ccc1F.Cc1cccc(-c2ncccc2-c2ccn3ncnc3c2)c1.Fc1ccc(-c2ncccc2-c2ccn3ncnc3c2)cc1Cl.O=C(NCCCN1CCCC1=O)c1cnc2ccc(-c3cccnc3-c3cc(Cl)c(F)cc3F)cn12.O=C(NCCCN1CCCC1=O)c1cnc2ccc(-c3cccnc3-c3cc(Cl)ccc3F)cn12. The number of benzene rings is 5. The number of hydrogen-bond donors (Lipinski definition) is 2. The van der Waals surface area contributed by atoms with Crippen LogP contribution in [0.1, 0.15) is 70.6 Å². The van der Waals surface area contributed by atoms with Gasteiger partial charge in [0.1, 0.15) is 70.8 Å². The molecule has 0 saturated carbocycles. The number of nitrogens with zero attached hydrogens (tertiary/aromatic N) is 20. The molecule has 0 atom stereocenters. The van der Waals surface area contributed by atoms with Gasteiger partial charge in [0.2, 0.25) is 11.8 Å². The fourth-order valence-electron chi connectivity index (χ4n) is 16.5. The lowest BCUT2D eigenvalue weighted by atomic mass is 9.99. The van der Waals surface area contributed by atoms with Crippen LogP contribution in [0.3, 0.4) is 0 Å². The van der Waals surface area contributed by atoms with Crippen molar-refractivity contribution < 1.29 is 41.1 Å². The smallest absolute Gasteiger partial charge is 0.269 e. The van der Waals surface area contributed by atoms with Crippen molar-refractivity contribution in [1.82, 2.24) is 108 Å². The predicted octanol–water partition coefficient (Wildman–Crippen LogP) is 21.3. The van der Waals surface area contributed by atoms with Gasteiger partial charge in [-0.2, -0.15) is 15.3 Å². The minimum atomic E-state index is -0.849. The summed E-state index contributed by atoms with van der Waals surface area (Å²) in [4.78, 5) is 96.4. The Kier molecular flexibility index (Phi) is 28.2. The molecule has 17 heterocycles. The Morgan fingerprint density at radius 3 is 1.20 bits per heavy atom. The number of rotatable bonds is 20. The molecule has 139 heavy (non-hydrogen) atoms. The van der Waals surface area contributed by atoms with Crippen molar-refractivity contribution >= 4 is 86.7 Å². The normalized spacial score (nSPS) is 12.3. The summed E-state index contributed by atoms with van der Waals surface area (Å²) in [5.41, 5.74) is 21.2. The van der Waals surface area contributed by atoms with Crippen LogP contribution >= 0.6 is 34.8 Å². The van der Waals surface area contributed by atoms with Gasteiger partial charge in [-0.3, -0.25) is 52.9 Å². The first kappa shape index (κ1) is 92.9. The quantitative estimate of drug-likeness (QED) is 0.0407. The van der Waals surface area contributed by atoms with Gasteiger partial charge in [-0.1, -0.05) is 88.9 Å². The van der Waals surface area contributed by atoms with Gasteiger partial charge in [-0.25, -0.2) is 60.4 Å². The van der Waals surface area contributed by atoms with Gasteiger partial charge in [0.25, 0.3) is 11.8 Å². The van der Waals surface area contributed by atoms with Crippen LogP contribution in [0.25, 0.3) is 140 Å². The molecule has 2 aliphatic heterocycles. The van der Waals surface area contributed by atoms with Crippen LogP contribution in [0.5, 0.6) is 0 Å². The summed E-state index contributed by atoms with van der Waals surface area (Å²) in [5, 5.41) is 18.4. The van der Waals surface area contributed by atoms with Crippen LogP contribution in [0.15, 0.2) is 306 Å². The zero-order valence-corrected chi connectivity index (χ0v) is 76.7. The number of amides is 4. The Morgan fingerprint density at radius 1 is 0.353 bits per heavy atom. The number of likely N-dealkylation sites (tertiary alicyclic amines) is 2. The maximum Gasteiger partial charge on any atom is 0.269 e. The largest absolute Gasteiger partial charge is 0.351 e. The van der Waals surface area contributed by atoms with E-state index >= 15 is 0 Å². The highest BCUT2D eigenvalue weighted by atomic mass is 35.5. The molecular weight excluding hydrogens is 1830 g/mol. The summed E-state index contributed by atoms with van der Waals surface area (Å²) < 4.78 is 78.4. The van der Waals surface area contributed by atoms with Crippen LogP contribution < -0.4 is 10.6 Å². The second-order valence-electron chi connectivity index (χ2n) is 32.5. The van der Waals surface area contributed by atoms with E-state index in [-0.39, 0.29) is 45.1 Å². The summed E-state index contributed by atoms with van der Waals surface area (Å²) in [6.07, 6.45) is 29.5. The van der Waals surface area contributed by atoms with Crippen LogP contribution in [0.2, 0.25) is 15.1 Å². The van der Waals surface area contributed by atoms with Crippen molar-refractivity contribution in [3.8, 4) is 112 Å². The van der Waals surface area contributed by atoms with Gasteiger partial charge in [-0.05, 0) is 220 Å². The van der Waals surface area contributed by atoms with Crippen LogP contribution in [0, 0.1) is 42.9 Å². The summed E-state index contributed by atoms with van der Waals surface area (Å²) >= 11 is 17.9. The predicted molar refractivity (Wildman–Crippen MR) is 523 cm³/mol. The summed E-state index contributed by atoms with van der Waals surface area (Å²) in [6, 6.07) is 62.3. The summed E-state index contributed by atoms with van der Waals surface area (Å²) in [5.74, 6) is -2.92. The third-order valence-electron chi connectivity index (χ3n) is 23.4. The number of carbonyl (C=O) groups is 4. The topological polar surface area (TPSA) is 288 Å². The van der Waals surface area contributed by atoms with Crippen molar-refractivity contribution in [2.24, 2.45) is 0 Å². The average molecular weight is 1920 g/mol. The standard InChI is InChI=1S/C26H22ClF2N5O2.C26H23ClFN5O2.C18H13FN4.C18H14N4.C17H10ClFN4/c27-19-12-18(20(28)13-21(19)29)25-17(4-1-8-30-25)16-6-7-23-32-14-22(34(23)15-16)26(36)31-9-3-11-33-10-2-5-24(33)35;27-18-7-8-21(28)20(14-18)25-19(4-1-10-29-25)17-6-9-23-31-15-22(33(23)16-17)26(35)30-11-3-13-32-12-2-5-24(32)34;1-12-9-14(4-5-16(12)19)18-15(3-2-7-20-18)13-6-8-23-17(10-13)21-11-22-23;1-13-4-2-5-15(10-13)18-16(6-3-8-19-18)14-7-9-22-17(11-14)20-12-21-22;18-14-8-12(3-4-15(14)19)17-13(2-1-6-20-17)11-5-7-23-16(9-11)21-10-22-23/h1,4,6-8,12-15H,2-3,5,9-11H2,(H,31,36);1,4,6-10,14-16H,2-3,5,11-13H2,(H,30,35);2-11H,1H3;2-12H,1H3;1-10H. The van der Waals surface area contributed by atoms with Crippen molar-refractivity contribution in [3.05, 3.63) is 372 Å². The lowest BCUT2D eigenvalue weighted by molar-refractivity contribution is -0.128. The Balaban J connectivity index is 0.000000117. The number of carbonyl (C=O) groups excluding carboxylic acids is 4. The Bertz CT molecular complexity index is 7840. The van der Waals surface area contributed by atoms with E-state index in [0.717, 1.165) is 122 Å². The number of fused-ring (bicyclic) bond motifs is 5. The number of nitrogens with one attached hydrogen (secondary N) is 2. The van der Waals surface area contributed by atoms with Crippen molar-refractivity contribution in [2.75, 3.05) is 39.3 Å². The molecule has 0 unspecified atom stereocenters. The molecule has 0 bridgehead atoms. The average Bonchev–Trinajstić information content (AvgIpc) is 1.69. The van der Waals surface area contributed by atoms with E-state index in [1.807, 2.05) is 120 Å². The van der Waals surface area contributed by atoms with E-state index in [0.29, 0.717) is 119 Å². The minimum Gasteiger partial charge on any atom is -0.351 e. The third-order valence-corrected chi connectivity index (χ3v) is 24.2. The molecule has 20 aromatic rings. The first-order valence-electron chi connectivity index (χ1n) is 44.3. The minimum absolute atomic E-state index is 0.0668. The van der Waals surface area contributed by atoms with Gasteiger partial charge in [0.15, 0.2) is 16.9 Å². The van der Waals surface area contributed by atoms with Gasteiger partial charge >= 0.3 is 0 Å². The molecule has 0 aliphatic carbocycles. The maximum atomic E-state index is 14.6. The first-order chi connectivity index (χ1) is 67.7. The fraction of sp³-hybridized carbons (Fsp3) is 0.133. The molecule has 0 radical (unpaired) electrons. The Hall–Kier alpha value is -16.5. The highest BCUT2D eigenvalue weighted by Gasteiger charge is 2.25. The Labute approximate surface area is 806 Å². The zero-order valence-electron chi connectivity index (χ0n) is 74.5. The first-order valence-corrected chi connectivity index (χ1v) is 45.4. The van der Waals surface area contributed by atoms with E-state index in [4.69, 9.17) is 34.8 Å². The number of pyridine rings is 10. The molecular formula is C105H82Cl3F5N22O4. The maximum absolute atomic E-state index is 14.6. The molecule has 2 saturated heterocycles. The van der Waals surface area contributed by atoms with Gasteiger partial charge < -0.3 is 20.4 Å². The Morgan fingerprint density at radius 2 is 0.763 bits per heavy atom. The molecule has 5 aromatic carbocycles. The number of halogens is 8. The summed E-state index contributed by atoms with van der Waals surface area (Å²) in [6.45, 7) is 7.54. The second kappa shape index (κ2) is 42.2. The molecule has 15 aromatic heterocycles. The second-order valence-corrected chi connectivity index (χ2v) is 33.8. The van der Waals surface area contributed by atoms with Gasteiger partial charge in [-0.15, -0.1) is 0 Å². The van der Waals surface area contributed by atoms with E-state index in [2.05, 4.69) is 113 Å². The highest BCUT2D eigenvalue weighted by molar-refractivity contribution is 6.31. The molecule has 26 nitrogen and oxygen atoms in total. The van der Waals surface area contributed by atoms with Crippen LogP contribution in [0.4, 0.5) is 22.0 Å². The third kappa shape index (κ3) is 21.1. The summed E-state index contributed by atoms with van der Waals surface area (Å²) in [7, 11) is 0. The number of aromatic nitrogens is 18. The van der Waals surface area contributed by atoms with Crippen molar-refractivity contribution in [2.45, 2.75) is 52.4 Å². The molecule has 4 amide bonds. The molecule has 2 fully saturated rings. The zero-order chi connectivity index (χ0) is 96.2. The molecule has 0 spiro atoms. The lowest BCUT2D eigenvalue weighted by Gasteiger charge is -2.15. The highest BCUT2D eigenvalue weighted by Crippen LogP contribution is 2.40. The molecule has 2 aliphatic rings. The van der Waals surface area contributed by atoms with E-state index in [9.17, 15) is 41.1 Å². The van der Waals surface area contributed by atoms with Crippen LogP contribution in [-0.4, -0.2) is 160 Å². The number of imidazole rings is 2. The van der Waals surface area contributed by atoms with Crippen LogP contribution in [-0.2, 0) is 9.59 Å². The fourth-order valence-corrected chi connectivity index (χ4v) is 17.0. The van der Waals surface area contributed by atoms with E-state index in [1.165, 1.54) is 67.1 Å². The lowest BCUT2D eigenvalue weighted by Crippen LogP contribution is -2.31. The monoisotopic (exact) mass is 1910 g/mol. The van der Waals surface area contributed by atoms with E-state index < -0.39 is 23.3 Å².